The van der Waals surface area contributed by atoms with Gasteiger partial charge in [-0.05, 0) is 55.9 Å². The number of benzene rings is 1. The first-order chi connectivity index (χ1) is 11.6. The predicted molar refractivity (Wildman–Crippen MR) is 91.0 cm³/mol. The SMILES string of the molecule is CCC1CCC(NC(=O)[C@@H]2CC(=O)N(c3ccc(F)cc3)C2)CC1. The van der Waals surface area contributed by atoms with Crippen LogP contribution < -0.4 is 10.2 Å². The van der Waals surface area contributed by atoms with Crippen molar-refractivity contribution in [3.8, 4) is 0 Å². The Morgan fingerprint density at radius 2 is 1.88 bits per heavy atom. The molecule has 2 aliphatic rings. The van der Waals surface area contributed by atoms with Crippen LogP contribution in [0.25, 0.3) is 0 Å². The molecule has 1 saturated heterocycles. The van der Waals surface area contributed by atoms with Gasteiger partial charge in [0.1, 0.15) is 5.82 Å². The molecule has 1 aliphatic carbocycles. The van der Waals surface area contributed by atoms with Gasteiger partial charge >= 0.3 is 0 Å². The molecule has 2 fully saturated rings. The Morgan fingerprint density at radius 1 is 1.21 bits per heavy atom. The fraction of sp³-hybridized carbons (Fsp3) is 0.579. The maximum absolute atomic E-state index is 13.0. The second-order valence-electron chi connectivity index (χ2n) is 7.02. The molecule has 130 valence electrons. The van der Waals surface area contributed by atoms with E-state index in [0.717, 1.165) is 18.8 Å². The number of hydrogen-bond donors (Lipinski definition) is 1. The molecular weight excluding hydrogens is 307 g/mol. The Bertz CT molecular complexity index is 594. The highest BCUT2D eigenvalue weighted by atomic mass is 19.1. The lowest BCUT2D eigenvalue weighted by Gasteiger charge is -2.29. The van der Waals surface area contributed by atoms with Gasteiger partial charge in [-0.25, -0.2) is 4.39 Å². The van der Waals surface area contributed by atoms with E-state index >= 15 is 0 Å². The summed E-state index contributed by atoms with van der Waals surface area (Å²) >= 11 is 0. The highest BCUT2D eigenvalue weighted by Gasteiger charge is 2.36. The lowest BCUT2D eigenvalue weighted by Crippen LogP contribution is -2.41. The number of carbonyl (C=O) groups excluding carboxylic acids is 2. The lowest BCUT2D eigenvalue weighted by molar-refractivity contribution is -0.127. The maximum Gasteiger partial charge on any atom is 0.227 e. The summed E-state index contributed by atoms with van der Waals surface area (Å²) < 4.78 is 13.0. The highest BCUT2D eigenvalue weighted by molar-refractivity contribution is 6.00. The van der Waals surface area contributed by atoms with E-state index in [0.29, 0.717) is 12.2 Å². The first kappa shape index (κ1) is 16.9. The predicted octanol–water partition coefficient (Wildman–Crippen LogP) is 3.26. The fourth-order valence-electron chi connectivity index (χ4n) is 3.79. The minimum Gasteiger partial charge on any atom is -0.353 e. The summed E-state index contributed by atoms with van der Waals surface area (Å²) in [4.78, 5) is 26.3. The van der Waals surface area contributed by atoms with Gasteiger partial charge in [0.25, 0.3) is 0 Å². The monoisotopic (exact) mass is 332 g/mol. The van der Waals surface area contributed by atoms with E-state index in [9.17, 15) is 14.0 Å². The van der Waals surface area contributed by atoms with E-state index in [1.54, 1.807) is 17.0 Å². The quantitative estimate of drug-likeness (QED) is 0.920. The number of anilines is 1. The third-order valence-corrected chi connectivity index (χ3v) is 5.40. The standard InChI is InChI=1S/C19H25FN2O2/c1-2-13-3-7-16(8-4-13)21-19(24)14-11-18(23)22(12-14)17-9-5-15(20)6-10-17/h5-6,9-10,13-14,16H,2-4,7-8,11-12H2,1H3,(H,21,24)/t13?,14-,16?/m1/s1. The minimum atomic E-state index is -0.331. The molecule has 1 N–H and O–H groups in total. The van der Waals surface area contributed by atoms with Crippen LogP contribution in [0, 0.1) is 17.7 Å². The molecule has 2 amide bonds. The Morgan fingerprint density at radius 3 is 2.50 bits per heavy atom. The van der Waals surface area contributed by atoms with Crippen molar-refractivity contribution in [2.24, 2.45) is 11.8 Å². The van der Waals surface area contributed by atoms with E-state index < -0.39 is 0 Å². The smallest absolute Gasteiger partial charge is 0.227 e. The summed E-state index contributed by atoms with van der Waals surface area (Å²) in [5, 5.41) is 3.13. The van der Waals surface area contributed by atoms with Crippen molar-refractivity contribution in [2.75, 3.05) is 11.4 Å². The molecule has 0 bridgehead atoms. The molecule has 1 aromatic carbocycles. The molecular formula is C19H25FN2O2. The van der Waals surface area contributed by atoms with E-state index in [1.165, 1.54) is 31.4 Å². The van der Waals surface area contributed by atoms with Crippen molar-refractivity contribution in [1.82, 2.24) is 5.32 Å². The first-order valence-electron chi connectivity index (χ1n) is 8.93. The largest absolute Gasteiger partial charge is 0.353 e. The van der Waals surface area contributed by atoms with Gasteiger partial charge in [0.05, 0.1) is 5.92 Å². The molecule has 24 heavy (non-hydrogen) atoms. The molecule has 1 atom stereocenters. The van der Waals surface area contributed by atoms with Crippen LogP contribution in [0.1, 0.15) is 45.4 Å². The van der Waals surface area contributed by atoms with Gasteiger partial charge in [-0.1, -0.05) is 13.3 Å². The van der Waals surface area contributed by atoms with Crippen molar-refractivity contribution in [2.45, 2.75) is 51.5 Å². The van der Waals surface area contributed by atoms with Gasteiger partial charge in [0.2, 0.25) is 11.8 Å². The van der Waals surface area contributed by atoms with Crippen molar-refractivity contribution in [1.29, 1.82) is 0 Å². The van der Waals surface area contributed by atoms with Gasteiger partial charge in [0, 0.05) is 24.7 Å². The van der Waals surface area contributed by atoms with Gasteiger partial charge < -0.3 is 10.2 Å². The van der Waals surface area contributed by atoms with Gasteiger partial charge in [-0.15, -0.1) is 0 Å². The molecule has 4 nitrogen and oxygen atoms in total. The van der Waals surface area contributed by atoms with Gasteiger partial charge in [-0.2, -0.15) is 0 Å². The Balaban J connectivity index is 1.55. The second-order valence-corrected chi connectivity index (χ2v) is 7.02. The molecule has 5 heteroatoms. The van der Waals surface area contributed by atoms with Crippen molar-refractivity contribution < 1.29 is 14.0 Å². The topological polar surface area (TPSA) is 49.4 Å². The number of halogens is 1. The third kappa shape index (κ3) is 3.77. The number of carbonyl (C=O) groups is 2. The molecule has 1 saturated carbocycles. The van der Waals surface area contributed by atoms with E-state index in [1.807, 2.05) is 0 Å². The average Bonchev–Trinajstić information content (AvgIpc) is 2.98. The van der Waals surface area contributed by atoms with Crippen molar-refractivity contribution >= 4 is 17.5 Å². The minimum absolute atomic E-state index is 0.0205. The van der Waals surface area contributed by atoms with Gasteiger partial charge in [0.15, 0.2) is 0 Å². The third-order valence-electron chi connectivity index (χ3n) is 5.40. The van der Waals surface area contributed by atoms with Crippen LogP contribution >= 0.6 is 0 Å². The molecule has 0 radical (unpaired) electrons. The van der Waals surface area contributed by atoms with Crippen molar-refractivity contribution in [3.05, 3.63) is 30.1 Å². The summed E-state index contributed by atoms with van der Waals surface area (Å²) in [7, 11) is 0. The maximum atomic E-state index is 13.0. The van der Waals surface area contributed by atoms with E-state index in [2.05, 4.69) is 12.2 Å². The van der Waals surface area contributed by atoms with Crippen LogP contribution in [0.4, 0.5) is 10.1 Å². The zero-order valence-corrected chi connectivity index (χ0v) is 14.1. The number of amides is 2. The molecule has 0 unspecified atom stereocenters. The molecule has 0 aromatic heterocycles. The zero-order valence-electron chi connectivity index (χ0n) is 14.1. The molecule has 1 heterocycles. The van der Waals surface area contributed by atoms with E-state index in [4.69, 9.17) is 0 Å². The summed E-state index contributed by atoms with van der Waals surface area (Å²) in [5.74, 6) is 0.0540. The van der Waals surface area contributed by atoms with Crippen LogP contribution in [0.15, 0.2) is 24.3 Å². The normalized spacial score (nSPS) is 27.3. The second kappa shape index (κ2) is 7.32. The lowest BCUT2D eigenvalue weighted by atomic mass is 9.84. The fourth-order valence-corrected chi connectivity index (χ4v) is 3.79. The Labute approximate surface area is 142 Å². The Hall–Kier alpha value is -1.91. The highest BCUT2D eigenvalue weighted by Crippen LogP contribution is 2.28. The van der Waals surface area contributed by atoms with Crippen molar-refractivity contribution in [3.63, 3.8) is 0 Å². The van der Waals surface area contributed by atoms with Crippen LogP contribution in [0.3, 0.4) is 0 Å². The molecule has 0 spiro atoms. The molecule has 3 rings (SSSR count). The Kier molecular flexibility index (Phi) is 5.17. The number of nitrogens with one attached hydrogen (secondary N) is 1. The average molecular weight is 332 g/mol. The zero-order chi connectivity index (χ0) is 17.1. The number of nitrogens with zero attached hydrogens (tertiary/aromatic N) is 1. The first-order valence-corrected chi connectivity index (χ1v) is 8.93. The van der Waals surface area contributed by atoms with Crippen LogP contribution in [-0.4, -0.2) is 24.4 Å². The molecule has 1 aliphatic heterocycles. The van der Waals surface area contributed by atoms with Crippen LogP contribution in [0.2, 0.25) is 0 Å². The van der Waals surface area contributed by atoms with Gasteiger partial charge in [-0.3, -0.25) is 9.59 Å². The van der Waals surface area contributed by atoms with Crippen LogP contribution in [0.5, 0.6) is 0 Å². The van der Waals surface area contributed by atoms with E-state index in [-0.39, 0.29) is 36.0 Å². The summed E-state index contributed by atoms with van der Waals surface area (Å²) in [6.07, 6.45) is 5.86. The molecule has 1 aromatic rings. The van der Waals surface area contributed by atoms with Crippen LogP contribution in [-0.2, 0) is 9.59 Å². The number of rotatable bonds is 4. The summed E-state index contributed by atoms with van der Waals surface area (Å²) in [6.45, 7) is 2.60. The number of hydrogen-bond acceptors (Lipinski definition) is 2. The summed E-state index contributed by atoms with van der Waals surface area (Å²) in [6, 6.07) is 6.08. The summed E-state index contributed by atoms with van der Waals surface area (Å²) in [5.41, 5.74) is 0.653.